The van der Waals surface area contributed by atoms with E-state index in [4.69, 9.17) is 0 Å². The molecule has 0 heterocycles. The summed E-state index contributed by atoms with van der Waals surface area (Å²) in [5.41, 5.74) is 2.92. The molecule has 40 heavy (non-hydrogen) atoms. The van der Waals surface area contributed by atoms with Gasteiger partial charge in [0.25, 0.3) is 0 Å². The van der Waals surface area contributed by atoms with Crippen molar-refractivity contribution >= 4 is 26.0 Å². The Hall–Kier alpha value is -3.09. The molecule has 216 valence electrons. The van der Waals surface area contributed by atoms with Gasteiger partial charge in [-0.05, 0) is 63.1 Å². The fraction of sp³-hybridized carbons (Fsp3) is 0.345. The van der Waals surface area contributed by atoms with E-state index >= 15 is 0 Å². The third-order valence-electron chi connectivity index (χ3n) is 6.26. The Balaban J connectivity index is 1.41. The van der Waals surface area contributed by atoms with E-state index in [1.165, 1.54) is 0 Å². The number of nitrogens with one attached hydrogen (secondary N) is 4. The van der Waals surface area contributed by atoms with Crippen molar-refractivity contribution in [2.75, 3.05) is 26.2 Å². The van der Waals surface area contributed by atoms with Crippen molar-refractivity contribution in [2.24, 2.45) is 0 Å². The number of carbonyl (C=O) groups excluding carboxylic acids is 1. The molecule has 4 N–H and O–H groups in total. The molecule has 0 aliphatic carbocycles. The van der Waals surface area contributed by atoms with Crippen LogP contribution >= 0.6 is 0 Å². The first-order chi connectivity index (χ1) is 19.1. The number of benzene rings is 3. The van der Waals surface area contributed by atoms with Crippen LogP contribution in [0, 0.1) is 13.8 Å². The van der Waals surface area contributed by atoms with Crippen molar-refractivity contribution in [2.45, 2.75) is 48.9 Å². The van der Waals surface area contributed by atoms with Crippen molar-refractivity contribution in [3.63, 3.8) is 0 Å². The van der Waals surface area contributed by atoms with Crippen LogP contribution in [0.2, 0.25) is 0 Å². The maximum atomic E-state index is 12.7. The second-order valence-electron chi connectivity index (χ2n) is 9.60. The average Bonchev–Trinajstić information content (AvgIpc) is 2.93. The zero-order valence-corrected chi connectivity index (χ0v) is 24.5. The maximum absolute atomic E-state index is 12.7. The summed E-state index contributed by atoms with van der Waals surface area (Å²) in [6.45, 7) is 5.09. The zero-order chi connectivity index (χ0) is 29.0. The predicted molar refractivity (Wildman–Crippen MR) is 157 cm³/mol. The number of aryl methyl sites for hydroxylation is 2. The highest BCUT2D eigenvalue weighted by Crippen LogP contribution is 2.17. The number of hydrogen-bond acceptors (Lipinski definition) is 6. The second kappa shape index (κ2) is 15.1. The lowest BCUT2D eigenvalue weighted by Gasteiger charge is -2.19. The molecule has 9 nitrogen and oxygen atoms in total. The molecule has 1 atom stereocenters. The van der Waals surface area contributed by atoms with Gasteiger partial charge in [0.2, 0.25) is 26.0 Å². The topological polar surface area (TPSA) is 133 Å². The standard InChI is InChI=1S/C29H38N4O5S2/c1-23-10-14-26(15-11-23)39(35,36)32-20-6-18-30-28(25-8-4-3-5-9-25)22-29(34)31-19-7-21-33-40(37,38)27-16-12-24(2)13-17-27/h3-5,8-17,28,30,32-33H,6-7,18-22H2,1-2H3,(H,31,34). The highest BCUT2D eigenvalue weighted by molar-refractivity contribution is 7.89. The average molecular weight is 587 g/mol. The lowest BCUT2D eigenvalue weighted by molar-refractivity contribution is -0.121. The van der Waals surface area contributed by atoms with Crippen LogP contribution in [-0.4, -0.2) is 48.9 Å². The summed E-state index contributed by atoms with van der Waals surface area (Å²) in [6, 6.07) is 22.6. The van der Waals surface area contributed by atoms with Crippen LogP contribution in [0.1, 0.15) is 42.0 Å². The second-order valence-corrected chi connectivity index (χ2v) is 13.1. The number of rotatable bonds is 16. The van der Waals surface area contributed by atoms with Gasteiger partial charge in [-0.25, -0.2) is 26.3 Å². The molecule has 0 fully saturated rings. The van der Waals surface area contributed by atoms with Crippen molar-refractivity contribution in [3.8, 4) is 0 Å². The Morgan fingerprint density at radius 3 is 1.62 bits per heavy atom. The molecule has 1 unspecified atom stereocenters. The van der Waals surface area contributed by atoms with Gasteiger partial charge in [0, 0.05) is 32.1 Å². The van der Waals surface area contributed by atoms with Crippen molar-refractivity contribution in [3.05, 3.63) is 95.6 Å². The SMILES string of the molecule is Cc1ccc(S(=O)(=O)NCCCNC(=O)CC(NCCCNS(=O)(=O)c2ccc(C)cc2)c2ccccc2)cc1. The molecule has 0 bridgehead atoms. The molecule has 11 heteroatoms. The molecular weight excluding hydrogens is 548 g/mol. The maximum Gasteiger partial charge on any atom is 0.240 e. The van der Waals surface area contributed by atoms with E-state index in [-0.39, 0.29) is 41.3 Å². The van der Waals surface area contributed by atoms with Gasteiger partial charge in [-0.15, -0.1) is 0 Å². The Morgan fingerprint density at radius 2 is 1.12 bits per heavy atom. The van der Waals surface area contributed by atoms with Crippen molar-refractivity contribution < 1.29 is 21.6 Å². The van der Waals surface area contributed by atoms with E-state index in [9.17, 15) is 21.6 Å². The number of sulfonamides is 2. The van der Waals surface area contributed by atoms with E-state index < -0.39 is 20.0 Å². The molecular formula is C29H38N4O5S2. The van der Waals surface area contributed by atoms with Gasteiger partial charge >= 0.3 is 0 Å². The molecule has 0 spiro atoms. The fourth-order valence-electron chi connectivity index (χ4n) is 3.95. The lowest BCUT2D eigenvalue weighted by atomic mass is 10.0. The Morgan fingerprint density at radius 1 is 0.650 bits per heavy atom. The van der Waals surface area contributed by atoms with Gasteiger partial charge in [-0.3, -0.25) is 4.79 Å². The zero-order valence-electron chi connectivity index (χ0n) is 22.9. The smallest absolute Gasteiger partial charge is 0.240 e. The van der Waals surface area contributed by atoms with Gasteiger partial charge in [-0.2, -0.15) is 0 Å². The number of amides is 1. The van der Waals surface area contributed by atoms with Crippen LogP contribution in [0.3, 0.4) is 0 Å². The minimum atomic E-state index is -3.59. The molecule has 1 amide bonds. The molecule has 0 aliphatic rings. The Labute approximate surface area is 237 Å². The summed E-state index contributed by atoms with van der Waals surface area (Å²) in [7, 11) is -7.17. The van der Waals surface area contributed by atoms with Crippen LogP contribution in [0.5, 0.6) is 0 Å². The summed E-state index contributed by atoms with van der Waals surface area (Å²) in [4.78, 5) is 13.1. The molecule has 3 aromatic carbocycles. The highest BCUT2D eigenvalue weighted by Gasteiger charge is 2.17. The monoisotopic (exact) mass is 586 g/mol. The Bertz CT molecular complexity index is 1430. The summed E-state index contributed by atoms with van der Waals surface area (Å²) in [5, 5.41) is 6.21. The van der Waals surface area contributed by atoms with E-state index in [2.05, 4.69) is 20.1 Å². The van der Waals surface area contributed by atoms with Gasteiger partial charge < -0.3 is 10.6 Å². The van der Waals surface area contributed by atoms with Crippen LogP contribution in [-0.2, 0) is 24.8 Å². The van der Waals surface area contributed by atoms with Gasteiger partial charge in [0.15, 0.2) is 0 Å². The van der Waals surface area contributed by atoms with Crippen LogP contribution < -0.4 is 20.1 Å². The largest absolute Gasteiger partial charge is 0.356 e. The van der Waals surface area contributed by atoms with E-state index in [1.54, 1.807) is 48.5 Å². The van der Waals surface area contributed by atoms with Gasteiger partial charge in [0.05, 0.1) is 9.79 Å². The molecule has 3 aromatic rings. The minimum absolute atomic E-state index is 0.164. The molecule has 0 aliphatic heterocycles. The summed E-state index contributed by atoms with van der Waals surface area (Å²) in [5.74, 6) is -0.164. The first-order valence-electron chi connectivity index (χ1n) is 13.2. The molecule has 0 aromatic heterocycles. The lowest BCUT2D eigenvalue weighted by Crippen LogP contribution is -2.34. The summed E-state index contributed by atoms with van der Waals surface area (Å²) < 4.78 is 54.9. The fourth-order valence-corrected chi connectivity index (χ4v) is 6.09. The van der Waals surface area contributed by atoms with E-state index in [0.717, 1.165) is 16.7 Å². The van der Waals surface area contributed by atoms with E-state index in [1.807, 2.05) is 44.2 Å². The summed E-state index contributed by atoms with van der Waals surface area (Å²) >= 11 is 0. The normalized spacial score (nSPS) is 12.7. The van der Waals surface area contributed by atoms with Crippen molar-refractivity contribution in [1.82, 2.24) is 20.1 Å². The quantitative estimate of drug-likeness (QED) is 0.191. The third kappa shape index (κ3) is 10.1. The van der Waals surface area contributed by atoms with E-state index in [0.29, 0.717) is 25.9 Å². The van der Waals surface area contributed by atoms with Gasteiger partial charge in [0.1, 0.15) is 0 Å². The van der Waals surface area contributed by atoms with Crippen molar-refractivity contribution in [1.29, 1.82) is 0 Å². The first kappa shape index (κ1) is 31.4. The van der Waals surface area contributed by atoms with Gasteiger partial charge in [-0.1, -0.05) is 65.7 Å². The summed E-state index contributed by atoms with van der Waals surface area (Å²) in [6.07, 6.45) is 1.17. The number of carbonyl (C=O) groups is 1. The Kier molecular flexibility index (Phi) is 11.8. The molecule has 0 saturated carbocycles. The third-order valence-corrected chi connectivity index (χ3v) is 9.21. The molecule has 0 radical (unpaired) electrons. The number of hydrogen-bond donors (Lipinski definition) is 4. The molecule has 0 saturated heterocycles. The first-order valence-corrected chi connectivity index (χ1v) is 16.2. The van der Waals surface area contributed by atoms with Crippen LogP contribution in [0.4, 0.5) is 0 Å². The highest BCUT2D eigenvalue weighted by atomic mass is 32.2. The predicted octanol–water partition coefficient (Wildman–Crippen LogP) is 3.18. The minimum Gasteiger partial charge on any atom is -0.356 e. The molecule has 3 rings (SSSR count). The van der Waals surface area contributed by atoms with Crippen LogP contribution in [0.15, 0.2) is 88.7 Å². The van der Waals surface area contributed by atoms with Crippen LogP contribution in [0.25, 0.3) is 0 Å².